The normalized spacial score (nSPS) is 30.7. The molecule has 0 radical (unpaired) electrons. The van der Waals surface area contributed by atoms with E-state index in [9.17, 15) is 18.4 Å². The zero-order valence-corrected chi connectivity index (χ0v) is 9.42. The molecule has 19 heavy (non-hydrogen) atoms. The van der Waals surface area contributed by atoms with Crippen molar-refractivity contribution in [2.24, 2.45) is 0 Å². The summed E-state index contributed by atoms with van der Waals surface area (Å²) < 4.78 is 32.6. The lowest BCUT2D eigenvalue weighted by Crippen LogP contribution is -2.43. The second-order valence-electron chi connectivity index (χ2n) is 3.99. The van der Waals surface area contributed by atoms with Crippen LogP contribution in [0.4, 0.5) is 8.78 Å². The van der Waals surface area contributed by atoms with Crippen LogP contribution < -0.4 is 16.7 Å². The van der Waals surface area contributed by atoms with Crippen LogP contribution in [-0.4, -0.2) is 44.8 Å². The first-order valence-corrected chi connectivity index (χ1v) is 5.30. The number of H-pyrrole nitrogens is 1. The van der Waals surface area contributed by atoms with E-state index in [1.807, 2.05) is 0 Å². The van der Waals surface area contributed by atoms with Crippen molar-refractivity contribution in [2.45, 2.75) is 24.5 Å². The van der Waals surface area contributed by atoms with E-state index in [0.717, 1.165) is 0 Å². The third-order valence-corrected chi connectivity index (χ3v) is 2.86. The molecule has 106 valence electrons. The van der Waals surface area contributed by atoms with Crippen LogP contribution in [0.5, 0.6) is 0 Å². The molecule has 10 heteroatoms. The standard InChI is InChI=1S/C9H11F2N3O5/c10-3-1-14(9(17)12-7(3)16)8-5(11)6(13-18)4(2-15)19-8/h1,4-6,8,13,15,18H,2H2,(H,12,16,17)/t4-,5?,6?,8?/m1/s1. The highest BCUT2D eigenvalue weighted by molar-refractivity contribution is 4.96. The van der Waals surface area contributed by atoms with Crippen LogP contribution in [0.2, 0.25) is 0 Å². The van der Waals surface area contributed by atoms with Crippen molar-refractivity contribution < 1.29 is 23.8 Å². The van der Waals surface area contributed by atoms with Crippen LogP contribution in [0.1, 0.15) is 6.23 Å². The molecule has 0 bridgehead atoms. The Hall–Kier alpha value is -1.62. The molecule has 1 aromatic rings. The van der Waals surface area contributed by atoms with Crippen LogP contribution in [-0.2, 0) is 4.74 Å². The van der Waals surface area contributed by atoms with Crippen LogP contribution >= 0.6 is 0 Å². The molecule has 2 rings (SSSR count). The zero-order chi connectivity index (χ0) is 14.2. The minimum absolute atomic E-state index is 0.507. The summed E-state index contributed by atoms with van der Waals surface area (Å²) in [6.45, 7) is -0.615. The number of hydroxylamine groups is 1. The van der Waals surface area contributed by atoms with Crippen LogP contribution in [0.15, 0.2) is 15.8 Å². The van der Waals surface area contributed by atoms with Gasteiger partial charge in [-0.2, -0.15) is 9.87 Å². The van der Waals surface area contributed by atoms with E-state index >= 15 is 0 Å². The highest BCUT2D eigenvalue weighted by atomic mass is 19.1. The van der Waals surface area contributed by atoms with E-state index in [-0.39, 0.29) is 0 Å². The van der Waals surface area contributed by atoms with Gasteiger partial charge >= 0.3 is 5.69 Å². The van der Waals surface area contributed by atoms with Gasteiger partial charge in [-0.25, -0.2) is 9.18 Å². The molecular weight excluding hydrogens is 268 g/mol. The number of rotatable bonds is 3. The summed E-state index contributed by atoms with van der Waals surface area (Å²) in [5.74, 6) is -1.28. The number of halogens is 2. The first-order valence-electron chi connectivity index (χ1n) is 5.30. The number of hydrogen-bond acceptors (Lipinski definition) is 6. The fourth-order valence-corrected chi connectivity index (χ4v) is 1.90. The Labute approximate surface area is 104 Å². The maximum absolute atomic E-state index is 14.0. The van der Waals surface area contributed by atoms with Crippen molar-refractivity contribution >= 4 is 0 Å². The summed E-state index contributed by atoms with van der Waals surface area (Å²) in [4.78, 5) is 24.0. The Balaban J connectivity index is 2.41. The average molecular weight is 279 g/mol. The van der Waals surface area contributed by atoms with Crippen molar-refractivity contribution in [2.75, 3.05) is 6.61 Å². The van der Waals surface area contributed by atoms with Gasteiger partial charge in [-0.1, -0.05) is 0 Å². The van der Waals surface area contributed by atoms with Crippen LogP contribution in [0.25, 0.3) is 0 Å². The Morgan fingerprint density at radius 1 is 1.53 bits per heavy atom. The first-order chi connectivity index (χ1) is 8.99. The number of nitrogens with zero attached hydrogens (tertiary/aromatic N) is 1. The van der Waals surface area contributed by atoms with Gasteiger partial charge in [-0.15, -0.1) is 0 Å². The smallest absolute Gasteiger partial charge is 0.330 e. The lowest BCUT2D eigenvalue weighted by atomic mass is 10.1. The molecule has 1 aliphatic rings. The lowest BCUT2D eigenvalue weighted by Gasteiger charge is -2.16. The Morgan fingerprint density at radius 3 is 2.74 bits per heavy atom. The fraction of sp³-hybridized carbons (Fsp3) is 0.556. The van der Waals surface area contributed by atoms with E-state index in [1.165, 1.54) is 0 Å². The van der Waals surface area contributed by atoms with Gasteiger partial charge < -0.3 is 15.1 Å². The van der Waals surface area contributed by atoms with Gasteiger partial charge in [-0.05, 0) is 0 Å². The summed E-state index contributed by atoms with van der Waals surface area (Å²) in [5.41, 5.74) is -0.673. The zero-order valence-electron chi connectivity index (χ0n) is 9.42. The summed E-state index contributed by atoms with van der Waals surface area (Å²) in [7, 11) is 0. The van der Waals surface area contributed by atoms with Gasteiger partial charge in [0.15, 0.2) is 12.4 Å². The van der Waals surface area contributed by atoms with Gasteiger partial charge in [0.1, 0.15) is 6.10 Å². The summed E-state index contributed by atoms with van der Waals surface area (Å²) in [5, 5.41) is 17.7. The number of aliphatic hydroxyl groups is 1. The minimum Gasteiger partial charge on any atom is -0.394 e. The van der Waals surface area contributed by atoms with E-state index in [2.05, 4.69) is 0 Å². The molecule has 3 unspecified atom stereocenters. The highest BCUT2D eigenvalue weighted by Crippen LogP contribution is 2.30. The average Bonchev–Trinajstić information content (AvgIpc) is 2.70. The number of hydrogen-bond donors (Lipinski definition) is 4. The van der Waals surface area contributed by atoms with E-state index in [4.69, 9.17) is 15.1 Å². The molecule has 0 spiro atoms. The molecule has 4 N–H and O–H groups in total. The van der Waals surface area contributed by atoms with Crippen molar-refractivity contribution in [3.63, 3.8) is 0 Å². The largest absolute Gasteiger partial charge is 0.394 e. The monoisotopic (exact) mass is 279 g/mol. The van der Waals surface area contributed by atoms with Crippen molar-refractivity contribution in [1.29, 1.82) is 0 Å². The highest BCUT2D eigenvalue weighted by Gasteiger charge is 2.46. The number of ether oxygens (including phenoxy) is 1. The predicted octanol–water partition coefficient (Wildman–Crippen LogP) is -1.75. The lowest BCUT2D eigenvalue weighted by molar-refractivity contribution is -0.0450. The van der Waals surface area contributed by atoms with Gasteiger partial charge in [0.05, 0.1) is 18.8 Å². The molecule has 0 aliphatic carbocycles. The minimum atomic E-state index is -1.93. The summed E-state index contributed by atoms with van der Waals surface area (Å²) >= 11 is 0. The van der Waals surface area contributed by atoms with Crippen molar-refractivity contribution in [3.8, 4) is 0 Å². The molecule has 0 saturated carbocycles. The molecule has 0 aromatic carbocycles. The van der Waals surface area contributed by atoms with Crippen molar-refractivity contribution in [3.05, 3.63) is 32.9 Å². The van der Waals surface area contributed by atoms with Crippen LogP contribution in [0.3, 0.4) is 0 Å². The van der Waals surface area contributed by atoms with Gasteiger partial charge in [0.25, 0.3) is 5.56 Å². The number of nitrogens with one attached hydrogen (secondary N) is 2. The van der Waals surface area contributed by atoms with Crippen molar-refractivity contribution in [1.82, 2.24) is 15.0 Å². The Morgan fingerprint density at radius 2 is 2.21 bits per heavy atom. The molecule has 8 nitrogen and oxygen atoms in total. The van der Waals surface area contributed by atoms with E-state index in [0.29, 0.717) is 10.8 Å². The number of aromatic nitrogens is 2. The maximum Gasteiger partial charge on any atom is 0.330 e. The molecule has 1 saturated heterocycles. The molecular formula is C9H11F2N3O5. The number of alkyl halides is 1. The topological polar surface area (TPSA) is 117 Å². The van der Waals surface area contributed by atoms with E-state index < -0.39 is 48.2 Å². The molecule has 0 amide bonds. The molecule has 2 heterocycles. The van der Waals surface area contributed by atoms with E-state index in [1.54, 1.807) is 10.5 Å². The second kappa shape index (κ2) is 5.17. The molecule has 1 fully saturated rings. The Bertz CT molecular complexity index is 574. The first kappa shape index (κ1) is 13.8. The third-order valence-electron chi connectivity index (χ3n) is 2.86. The quantitative estimate of drug-likeness (QED) is 0.488. The summed E-state index contributed by atoms with van der Waals surface area (Å²) in [6, 6.07) is -1.28. The number of aliphatic hydroxyl groups excluding tert-OH is 1. The van der Waals surface area contributed by atoms with Crippen LogP contribution in [0, 0.1) is 5.82 Å². The Kier molecular flexibility index (Phi) is 3.75. The molecule has 1 aliphatic heterocycles. The second-order valence-corrected chi connectivity index (χ2v) is 3.99. The molecule has 1 aromatic heterocycles. The maximum atomic E-state index is 14.0. The number of aromatic amines is 1. The van der Waals surface area contributed by atoms with Gasteiger partial charge in [0.2, 0.25) is 5.82 Å². The summed E-state index contributed by atoms with van der Waals surface area (Å²) in [6.07, 6.45) is -4.11. The van der Waals surface area contributed by atoms with Gasteiger partial charge in [0, 0.05) is 0 Å². The molecule has 4 atom stereocenters. The fourth-order valence-electron chi connectivity index (χ4n) is 1.90. The SMILES string of the molecule is O=c1[nH]c(=O)n(C2O[C@H](CO)C(NO)C2F)cc1F. The predicted molar refractivity (Wildman–Crippen MR) is 55.9 cm³/mol. The third kappa shape index (κ3) is 2.30. The van der Waals surface area contributed by atoms with Gasteiger partial charge in [-0.3, -0.25) is 14.3 Å².